The molecule has 0 atom stereocenters. The van der Waals surface area contributed by atoms with Crippen molar-refractivity contribution in [3.8, 4) is 5.69 Å². The van der Waals surface area contributed by atoms with Crippen LogP contribution in [0.25, 0.3) is 16.7 Å². The zero-order valence-corrected chi connectivity index (χ0v) is 20.5. The summed E-state index contributed by atoms with van der Waals surface area (Å²) < 4.78 is 10.8. The third-order valence-electron chi connectivity index (χ3n) is 4.93. The maximum Gasteiger partial charge on any atom is 0.337 e. The van der Waals surface area contributed by atoms with E-state index in [0.29, 0.717) is 10.7 Å². The Bertz CT molecular complexity index is 1500. The molecule has 0 fully saturated rings. The van der Waals surface area contributed by atoms with Gasteiger partial charge in [-0.2, -0.15) is 5.10 Å². The number of anilines is 1. The number of nitrogens with zero attached hydrogens (tertiary/aromatic N) is 3. The summed E-state index contributed by atoms with van der Waals surface area (Å²) >= 11 is 6.99. The number of aromatic amines is 1. The number of hydrogen-bond donors (Lipinski definition) is 2. The van der Waals surface area contributed by atoms with Crippen LogP contribution in [0, 0.1) is 0 Å². The first-order chi connectivity index (χ1) is 17.3. The van der Waals surface area contributed by atoms with Crippen LogP contribution in [0.1, 0.15) is 20.7 Å². The minimum atomic E-state index is -0.685. The van der Waals surface area contributed by atoms with Crippen molar-refractivity contribution in [1.82, 2.24) is 19.7 Å². The molecular weight excluding hydrogens is 510 g/mol. The van der Waals surface area contributed by atoms with Gasteiger partial charge in [0.25, 0.3) is 5.56 Å². The molecule has 1 amide bonds. The second-order valence-corrected chi connectivity index (χ2v) is 8.64. The molecule has 184 valence electrons. The Morgan fingerprint density at radius 2 is 1.69 bits per heavy atom. The van der Waals surface area contributed by atoms with Gasteiger partial charge in [-0.15, -0.1) is 0 Å². The lowest BCUT2D eigenvalue weighted by Gasteiger charge is -2.12. The van der Waals surface area contributed by atoms with E-state index < -0.39 is 17.8 Å². The maximum atomic E-state index is 13.1. The van der Waals surface area contributed by atoms with Crippen molar-refractivity contribution in [1.29, 1.82) is 0 Å². The van der Waals surface area contributed by atoms with Crippen molar-refractivity contribution in [3.63, 3.8) is 0 Å². The van der Waals surface area contributed by atoms with Crippen LogP contribution in [0.5, 0.6) is 0 Å². The molecule has 4 rings (SSSR count). The van der Waals surface area contributed by atoms with Gasteiger partial charge in [-0.1, -0.05) is 23.4 Å². The number of fused-ring (bicyclic) bond motifs is 1. The summed E-state index contributed by atoms with van der Waals surface area (Å²) in [6, 6.07) is 10.6. The summed E-state index contributed by atoms with van der Waals surface area (Å²) in [4.78, 5) is 54.3. The van der Waals surface area contributed by atoms with Crippen molar-refractivity contribution >= 4 is 57.9 Å². The summed E-state index contributed by atoms with van der Waals surface area (Å²) in [6.07, 6.45) is 1.38. The lowest BCUT2D eigenvalue weighted by molar-refractivity contribution is -0.113. The van der Waals surface area contributed by atoms with Crippen LogP contribution >= 0.6 is 23.4 Å². The molecule has 0 bridgehead atoms. The Hall–Kier alpha value is -4.16. The second kappa shape index (κ2) is 10.6. The number of methoxy groups -OCH3 is 2. The van der Waals surface area contributed by atoms with Crippen molar-refractivity contribution in [2.24, 2.45) is 0 Å². The molecule has 0 saturated heterocycles. The van der Waals surface area contributed by atoms with E-state index in [1.807, 2.05) is 0 Å². The fourth-order valence-corrected chi connectivity index (χ4v) is 4.22. The molecule has 13 heteroatoms. The van der Waals surface area contributed by atoms with Crippen LogP contribution in [0.4, 0.5) is 5.69 Å². The minimum Gasteiger partial charge on any atom is -0.465 e. The molecule has 0 spiro atoms. The molecule has 0 saturated carbocycles. The summed E-state index contributed by atoms with van der Waals surface area (Å²) in [7, 11) is 2.40. The lowest BCUT2D eigenvalue weighted by atomic mass is 10.1. The highest BCUT2D eigenvalue weighted by molar-refractivity contribution is 7.99. The third-order valence-corrected chi connectivity index (χ3v) is 6.12. The first-order valence-corrected chi connectivity index (χ1v) is 11.6. The highest BCUT2D eigenvalue weighted by Gasteiger charge is 2.18. The van der Waals surface area contributed by atoms with E-state index in [-0.39, 0.29) is 44.3 Å². The van der Waals surface area contributed by atoms with E-state index >= 15 is 0 Å². The number of amides is 1. The Labute approximate surface area is 212 Å². The fraction of sp³-hybridized carbons (Fsp3) is 0.130. The molecule has 36 heavy (non-hydrogen) atoms. The van der Waals surface area contributed by atoms with Crippen molar-refractivity contribution in [2.45, 2.75) is 5.16 Å². The van der Waals surface area contributed by atoms with Gasteiger partial charge in [0.1, 0.15) is 5.39 Å². The molecule has 2 aromatic heterocycles. The predicted molar refractivity (Wildman–Crippen MR) is 133 cm³/mol. The topological polar surface area (TPSA) is 145 Å². The zero-order valence-electron chi connectivity index (χ0n) is 18.9. The standard InChI is InChI=1S/C23H18ClN5O6S/c1-34-21(32)12-7-13(22(33)35-2)9-15(8-12)26-18(30)11-36-23-27-19-17(10-25-28-19)20(31)29(23)16-5-3-14(24)4-6-16/h3-10H,11H2,1-2H3,(H,25,28)(H,26,30). The number of ether oxygens (including phenoxy) is 2. The third kappa shape index (κ3) is 5.24. The zero-order chi connectivity index (χ0) is 25.8. The van der Waals surface area contributed by atoms with Crippen LogP contribution in [0.15, 0.2) is 58.6 Å². The molecular formula is C23H18ClN5O6S. The van der Waals surface area contributed by atoms with Gasteiger partial charge in [-0.3, -0.25) is 19.3 Å². The Kier molecular flexibility index (Phi) is 7.36. The Morgan fingerprint density at radius 3 is 2.31 bits per heavy atom. The van der Waals surface area contributed by atoms with Gasteiger partial charge < -0.3 is 14.8 Å². The average molecular weight is 528 g/mol. The van der Waals surface area contributed by atoms with Gasteiger partial charge in [0.2, 0.25) is 5.91 Å². The van der Waals surface area contributed by atoms with Crippen LogP contribution in [0.3, 0.4) is 0 Å². The van der Waals surface area contributed by atoms with E-state index in [2.05, 4.69) is 20.5 Å². The number of esters is 2. The normalized spacial score (nSPS) is 10.8. The van der Waals surface area contributed by atoms with E-state index in [1.54, 1.807) is 24.3 Å². The molecule has 0 aliphatic carbocycles. The van der Waals surface area contributed by atoms with E-state index in [0.717, 1.165) is 11.8 Å². The molecule has 4 aromatic rings. The monoisotopic (exact) mass is 527 g/mol. The summed E-state index contributed by atoms with van der Waals surface area (Å²) in [5.74, 6) is -1.99. The predicted octanol–water partition coefficient (Wildman–Crippen LogP) is 3.07. The molecule has 0 aliphatic heterocycles. The smallest absolute Gasteiger partial charge is 0.337 e. The van der Waals surface area contributed by atoms with E-state index in [1.165, 1.54) is 43.2 Å². The van der Waals surface area contributed by atoms with Gasteiger partial charge in [0.05, 0.1) is 43.0 Å². The highest BCUT2D eigenvalue weighted by Crippen LogP contribution is 2.23. The molecule has 11 nitrogen and oxygen atoms in total. The number of benzene rings is 2. The molecule has 2 N–H and O–H groups in total. The number of hydrogen-bond acceptors (Lipinski definition) is 9. The Morgan fingerprint density at radius 1 is 1.06 bits per heavy atom. The van der Waals surface area contributed by atoms with Crippen LogP contribution < -0.4 is 10.9 Å². The molecule has 0 unspecified atom stereocenters. The lowest BCUT2D eigenvalue weighted by Crippen LogP contribution is -2.22. The van der Waals surface area contributed by atoms with Gasteiger partial charge >= 0.3 is 11.9 Å². The van der Waals surface area contributed by atoms with Crippen LogP contribution in [-0.4, -0.2) is 57.6 Å². The Balaban J connectivity index is 1.61. The summed E-state index contributed by atoms with van der Waals surface area (Å²) in [5.41, 5.74) is 0.735. The molecule has 2 aromatic carbocycles. The van der Waals surface area contributed by atoms with Crippen molar-refractivity contribution in [2.75, 3.05) is 25.3 Å². The molecule has 0 aliphatic rings. The number of rotatable bonds is 7. The van der Waals surface area contributed by atoms with Crippen molar-refractivity contribution < 1.29 is 23.9 Å². The molecule has 2 heterocycles. The average Bonchev–Trinajstić information content (AvgIpc) is 3.36. The van der Waals surface area contributed by atoms with E-state index in [9.17, 15) is 19.2 Å². The fourth-order valence-electron chi connectivity index (χ4n) is 3.29. The SMILES string of the molecule is COC(=O)c1cc(NC(=O)CSc2nc3[nH]ncc3c(=O)n2-c2ccc(Cl)cc2)cc(C(=O)OC)c1. The quantitative estimate of drug-likeness (QED) is 0.210. The minimum absolute atomic E-state index is 0.0614. The first kappa shape index (κ1) is 24.9. The molecule has 0 radical (unpaired) electrons. The van der Waals surface area contributed by atoms with Gasteiger partial charge in [0, 0.05) is 10.7 Å². The van der Waals surface area contributed by atoms with Crippen LogP contribution in [0.2, 0.25) is 5.02 Å². The second-order valence-electron chi connectivity index (χ2n) is 7.26. The maximum absolute atomic E-state index is 13.1. The number of nitrogens with one attached hydrogen (secondary N) is 2. The van der Waals surface area contributed by atoms with E-state index in [4.69, 9.17) is 21.1 Å². The van der Waals surface area contributed by atoms with Gasteiger partial charge in [-0.25, -0.2) is 14.6 Å². The largest absolute Gasteiger partial charge is 0.465 e. The summed E-state index contributed by atoms with van der Waals surface area (Å²) in [6.45, 7) is 0. The number of thioether (sulfide) groups is 1. The van der Waals surface area contributed by atoms with Crippen LogP contribution in [-0.2, 0) is 14.3 Å². The number of carbonyl (C=O) groups excluding carboxylic acids is 3. The first-order valence-electron chi connectivity index (χ1n) is 10.3. The van der Waals surface area contributed by atoms with Gasteiger partial charge in [0.15, 0.2) is 10.8 Å². The number of halogens is 1. The van der Waals surface area contributed by atoms with Gasteiger partial charge in [-0.05, 0) is 42.5 Å². The summed E-state index contributed by atoms with van der Waals surface area (Å²) in [5, 5.41) is 10.2. The number of aromatic nitrogens is 4. The number of carbonyl (C=O) groups is 3. The highest BCUT2D eigenvalue weighted by atomic mass is 35.5. The van der Waals surface area contributed by atoms with Crippen molar-refractivity contribution in [3.05, 3.63) is 75.2 Å². The number of H-pyrrole nitrogens is 1.